The zero-order chi connectivity index (χ0) is 22.7. The van der Waals surface area contributed by atoms with Gasteiger partial charge in [-0.1, -0.05) is 0 Å². The van der Waals surface area contributed by atoms with Gasteiger partial charge in [0.15, 0.2) is 0 Å². The van der Waals surface area contributed by atoms with Crippen LogP contribution in [0.3, 0.4) is 0 Å². The monoisotopic (exact) mass is 457 g/mol. The highest BCUT2D eigenvalue weighted by molar-refractivity contribution is 7.86. The van der Waals surface area contributed by atoms with Gasteiger partial charge >= 0.3 is 12.1 Å². The number of nitrogens with zero attached hydrogens (tertiary/aromatic N) is 3. The second-order valence-corrected chi connectivity index (χ2v) is 9.37. The van der Waals surface area contributed by atoms with Crippen LogP contribution < -0.4 is 0 Å². The van der Waals surface area contributed by atoms with Crippen molar-refractivity contribution in [1.29, 1.82) is 0 Å². The number of furan rings is 1. The minimum absolute atomic E-state index is 0.0453. The van der Waals surface area contributed by atoms with Crippen LogP contribution in [0, 0.1) is 5.92 Å². The Morgan fingerprint density at radius 3 is 2.47 bits per heavy atom. The van der Waals surface area contributed by atoms with Crippen molar-refractivity contribution in [2.45, 2.75) is 31.3 Å². The predicted octanol–water partition coefficient (Wildman–Crippen LogP) is 1.24. The van der Waals surface area contributed by atoms with Gasteiger partial charge in [-0.25, -0.2) is 4.79 Å². The van der Waals surface area contributed by atoms with Crippen LogP contribution in [-0.4, -0.2) is 92.2 Å². The van der Waals surface area contributed by atoms with E-state index in [0.717, 1.165) is 18.7 Å². The number of carbonyl (C=O) groups is 1. The lowest BCUT2D eigenvalue weighted by Crippen LogP contribution is -2.56. The maximum atomic E-state index is 12.6. The van der Waals surface area contributed by atoms with Gasteiger partial charge < -0.3 is 14.3 Å². The van der Waals surface area contributed by atoms with E-state index in [1.165, 1.54) is 4.31 Å². The fourth-order valence-corrected chi connectivity index (χ4v) is 5.06. The summed E-state index contributed by atoms with van der Waals surface area (Å²) < 4.78 is 71.0. The van der Waals surface area contributed by atoms with Gasteiger partial charge in [-0.15, -0.1) is 0 Å². The molecule has 2 aliphatic heterocycles. The Bertz CT molecular complexity index is 800. The van der Waals surface area contributed by atoms with Crippen LogP contribution in [0.25, 0.3) is 0 Å². The van der Waals surface area contributed by atoms with Gasteiger partial charge in [-0.05, 0) is 18.6 Å². The summed E-state index contributed by atoms with van der Waals surface area (Å²) in [6.07, 6.45) is -2.58. The van der Waals surface area contributed by atoms with E-state index in [9.17, 15) is 21.6 Å². The molecule has 9 nitrogen and oxygen atoms in total. The van der Waals surface area contributed by atoms with E-state index in [1.54, 1.807) is 31.8 Å². The van der Waals surface area contributed by atoms with Crippen molar-refractivity contribution in [2.75, 3.05) is 40.8 Å². The van der Waals surface area contributed by atoms with E-state index in [4.69, 9.17) is 19.1 Å². The molecule has 0 unspecified atom stereocenters. The van der Waals surface area contributed by atoms with Crippen molar-refractivity contribution in [1.82, 2.24) is 13.5 Å². The van der Waals surface area contributed by atoms with Crippen LogP contribution in [0.1, 0.15) is 12.2 Å². The van der Waals surface area contributed by atoms with E-state index < -0.39 is 22.4 Å². The molecule has 0 amide bonds. The molecular weight excluding hydrogens is 431 g/mol. The molecule has 3 heterocycles. The van der Waals surface area contributed by atoms with Crippen molar-refractivity contribution >= 4 is 16.2 Å². The topological polar surface area (TPSA) is 104 Å². The first kappa shape index (κ1) is 24.6. The van der Waals surface area contributed by atoms with Crippen molar-refractivity contribution in [3.05, 3.63) is 24.2 Å². The summed E-state index contributed by atoms with van der Waals surface area (Å²) in [4.78, 5) is 11.1. The Kier molecular flexibility index (Phi) is 7.91. The quantitative estimate of drug-likeness (QED) is 0.710. The van der Waals surface area contributed by atoms with Crippen LogP contribution in [0.15, 0.2) is 22.8 Å². The van der Waals surface area contributed by atoms with E-state index in [1.807, 2.05) is 12.1 Å². The van der Waals surface area contributed by atoms with Crippen molar-refractivity contribution in [3.8, 4) is 0 Å². The molecule has 172 valence electrons. The molecule has 0 aliphatic carbocycles. The fraction of sp³-hybridized carbons (Fsp3) is 0.706. The normalized spacial score (nSPS) is 25.6. The number of carboxylic acid groups (broad SMARTS) is 1. The molecule has 1 aromatic rings. The minimum Gasteiger partial charge on any atom is -0.475 e. The fourth-order valence-electron chi connectivity index (χ4n) is 3.74. The number of likely N-dealkylation sites (tertiary alicyclic amines) is 1. The smallest absolute Gasteiger partial charge is 0.475 e. The maximum Gasteiger partial charge on any atom is 0.490 e. The average Bonchev–Trinajstić information content (AvgIpc) is 3.30. The lowest BCUT2D eigenvalue weighted by Gasteiger charge is -2.40. The third-order valence-electron chi connectivity index (χ3n) is 5.15. The molecule has 0 bridgehead atoms. The summed E-state index contributed by atoms with van der Waals surface area (Å²) in [5.41, 5.74) is 0. The Morgan fingerprint density at radius 2 is 2.00 bits per heavy atom. The molecule has 13 heteroatoms. The van der Waals surface area contributed by atoms with Crippen LogP contribution in [0.5, 0.6) is 0 Å². The van der Waals surface area contributed by atoms with Crippen LogP contribution in [0.4, 0.5) is 13.2 Å². The Labute approximate surface area is 173 Å². The molecule has 2 fully saturated rings. The number of hydrogen-bond donors (Lipinski definition) is 1. The van der Waals surface area contributed by atoms with E-state index in [2.05, 4.69) is 4.90 Å². The molecule has 3 rings (SSSR count). The molecular formula is C17H26F3N3O6S. The molecule has 3 atom stereocenters. The lowest BCUT2D eigenvalue weighted by molar-refractivity contribution is -0.192. The van der Waals surface area contributed by atoms with E-state index in [0.29, 0.717) is 19.6 Å². The van der Waals surface area contributed by atoms with Crippen molar-refractivity contribution < 1.29 is 40.6 Å². The second kappa shape index (κ2) is 9.64. The summed E-state index contributed by atoms with van der Waals surface area (Å²) in [5, 5.41) is 7.12. The molecule has 0 saturated carbocycles. The van der Waals surface area contributed by atoms with Crippen LogP contribution in [-0.2, 0) is 26.3 Å². The molecule has 0 spiro atoms. The molecule has 1 aromatic heterocycles. The number of rotatable bonds is 5. The number of aliphatic carboxylic acids is 1. The summed E-state index contributed by atoms with van der Waals surface area (Å²) >= 11 is 0. The SMILES string of the molecule is CO[C@H]1CCN(S(=O)(=O)N(C)C)[C@@H]2CN(Cc3ccco3)C[C@H]12.O=C(O)C(F)(F)F. The van der Waals surface area contributed by atoms with Crippen LogP contribution >= 0.6 is 0 Å². The summed E-state index contributed by atoms with van der Waals surface area (Å²) in [5.74, 6) is -1.66. The first-order valence-corrected chi connectivity index (χ1v) is 10.5. The average molecular weight is 457 g/mol. The Balaban J connectivity index is 0.000000396. The third kappa shape index (κ3) is 5.72. The zero-order valence-electron chi connectivity index (χ0n) is 16.9. The molecule has 1 N–H and O–H groups in total. The number of halogens is 3. The first-order valence-electron chi connectivity index (χ1n) is 9.14. The molecule has 30 heavy (non-hydrogen) atoms. The molecule has 0 aromatic carbocycles. The van der Waals surface area contributed by atoms with E-state index in [-0.39, 0.29) is 18.1 Å². The van der Waals surface area contributed by atoms with Crippen molar-refractivity contribution in [2.24, 2.45) is 5.92 Å². The number of carboxylic acids is 1. The molecule has 0 radical (unpaired) electrons. The number of fused-ring (bicyclic) bond motifs is 1. The standard InChI is InChI=1S/C15H25N3O4S.C2HF3O2/c1-16(2)23(19,20)18-7-6-15(21-3)13-10-17(11-14(13)18)9-12-5-4-8-22-12;3-2(4,5)1(6)7/h4-5,8,13-15H,6-7,9-11H2,1-3H3;(H,6,7)/t13-,14+,15-;/m0./s1. The first-order chi connectivity index (χ1) is 13.9. The summed E-state index contributed by atoms with van der Waals surface area (Å²) in [6.45, 7) is 2.74. The van der Waals surface area contributed by atoms with Gasteiger partial charge in [0.05, 0.1) is 18.9 Å². The van der Waals surface area contributed by atoms with Crippen molar-refractivity contribution in [3.63, 3.8) is 0 Å². The summed E-state index contributed by atoms with van der Waals surface area (Å²) in [7, 11) is 1.48. The number of methoxy groups -OCH3 is 1. The Hall–Kier alpha value is -1.67. The third-order valence-corrected chi connectivity index (χ3v) is 7.12. The number of alkyl halides is 3. The summed E-state index contributed by atoms with van der Waals surface area (Å²) in [6, 6.07) is 3.78. The highest BCUT2D eigenvalue weighted by atomic mass is 32.2. The van der Waals surface area contributed by atoms with Gasteiger partial charge in [0.25, 0.3) is 10.2 Å². The number of piperidine rings is 1. The zero-order valence-corrected chi connectivity index (χ0v) is 17.7. The maximum absolute atomic E-state index is 12.6. The van der Waals surface area contributed by atoms with Gasteiger partial charge in [0.2, 0.25) is 0 Å². The second-order valence-electron chi connectivity index (χ2n) is 7.27. The van der Waals surface area contributed by atoms with Gasteiger partial charge in [-0.3, -0.25) is 4.90 Å². The Morgan fingerprint density at radius 1 is 1.37 bits per heavy atom. The predicted molar refractivity (Wildman–Crippen MR) is 99.7 cm³/mol. The highest BCUT2D eigenvalue weighted by Crippen LogP contribution is 2.35. The van der Waals surface area contributed by atoms with E-state index >= 15 is 0 Å². The van der Waals surface area contributed by atoms with Crippen LogP contribution in [0.2, 0.25) is 0 Å². The minimum atomic E-state index is -5.08. The largest absolute Gasteiger partial charge is 0.490 e. The molecule has 2 aliphatic rings. The van der Waals surface area contributed by atoms with Gasteiger partial charge in [0, 0.05) is 52.8 Å². The number of hydrogen-bond acceptors (Lipinski definition) is 6. The van der Waals surface area contributed by atoms with Gasteiger partial charge in [-0.2, -0.15) is 30.2 Å². The lowest BCUT2D eigenvalue weighted by atomic mass is 9.91. The number of ether oxygens (including phenoxy) is 1. The van der Waals surface area contributed by atoms with Gasteiger partial charge in [0.1, 0.15) is 5.76 Å². The molecule has 2 saturated heterocycles. The highest BCUT2D eigenvalue weighted by Gasteiger charge is 2.48.